The fraction of sp³-hybridized carbons (Fsp3) is 0.682. The molecule has 3 atom stereocenters. The van der Waals surface area contributed by atoms with Crippen LogP contribution in [0.1, 0.15) is 64.0 Å². The van der Waals surface area contributed by atoms with Crippen LogP contribution < -0.4 is 10.1 Å². The Bertz CT molecular complexity index is 689. The molecule has 0 spiro atoms. The predicted molar refractivity (Wildman–Crippen MR) is 101 cm³/mol. The maximum Gasteiger partial charge on any atom is 0.314 e. The Kier molecular flexibility index (Phi) is 4.50. The average Bonchev–Trinajstić information content (AvgIpc) is 2.61. The summed E-state index contributed by atoms with van der Waals surface area (Å²) in [4.78, 5) is 11.9. The molecule has 1 N–H and O–H groups in total. The maximum absolute atomic E-state index is 11.9. The van der Waals surface area contributed by atoms with E-state index in [-0.39, 0.29) is 12.8 Å². The number of esters is 1. The first-order chi connectivity index (χ1) is 12.4. The molecule has 2 fully saturated rings. The molecule has 3 aliphatic rings. The van der Waals surface area contributed by atoms with Gasteiger partial charge in [-0.3, -0.25) is 4.79 Å². The van der Waals surface area contributed by atoms with Gasteiger partial charge >= 0.3 is 5.97 Å². The normalized spacial score (nSPS) is 30.1. The smallest absolute Gasteiger partial charge is 0.314 e. The molecule has 1 aromatic carbocycles. The van der Waals surface area contributed by atoms with Crippen molar-refractivity contribution in [3.63, 3.8) is 0 Å². The molecule has 4 heteroatoms. The highest BCUT2D eigenvalue weighted by Gasteiger charge is 2.51. The molecule has 0 radical (unpaired) electrons. The standard InChI is InChI=1S/C22H31NO3/c1-21(2,3)20(24)26-14-25-16-8-7-15-12-19-17-6-4-5-9-22(17,10-11-23-19)18(15)13-16/h7-8,13,17,19,23H,4-6,9-12,14H2,1-3H3/t17-,19+,22+/m0/s1. The quantitative estimate of drug-likeness (QED) is 0.657. The average molecular weight is 357 g/mol. The number of benzene rings is 1. The van der Waals surface area contributed by atoms with Crippen molar-refractivity contribution >= 4 is 5.97 Å². The van der Waals surface area contributed by atoms with Crippen LogP contribution >= 0.6 is 0 Å². The van der Waals surface area contributed by atoms with E-state index in [2.05, 4.69) is 17.4 Å². The van der Waals surface area contributed by atoms with Crippen LogP contribution in [0.3, 0.4) is 0 Å². The van der Waals surface area contributed by atoms with Gasteiger partial charge < -0.3 is 14.8 Å². The SMILES string of the molecule is CC(C)(C)C(=O)OCOc1ccc2c(c1)[C@@]13CCCC[C@H]1[C@@H](C2)NCC3. The summed E-state index contributed by atoms with van der Waals surface area (Å²) in [6, 6.07) is 7.12. The Labute approximate surface area is 156 Å². The Hall–Kier alpha value is -1.55. The lowest BCUT2D eigenvalue weighted by Crippen LogP contribution is -2.59. The zero-order valence-corrected chi connectivity index (χ0v) is 16.3. The van der Waals surface area contributed by atoms with E-state index >= 15 is 0 Å². The number of piperidine rings is 1. The molecule has 0 amide bonds. The van der Waals surface area contributed by atoms with Gasteiger partial charge in [0.2, 0.25) is 6.79 Å². The molecule has 4 nitrogen and oxygen atoms in total. The Balaban J connectivity index is 1.54. The number of carbonyl (C=O) groups is 1. The number of carbonyl (C=O) groups excluding carboxylic acids is 1. The number of fused-ring (bicyclic) bond motifs is 1. The monoisotopic (exact) mass is 357 g/mol. The molecule has 26 heavy (non-hydrogen) atoms. The Morgan fingerprint density at radius 3 is 2.92 bits per heavy atom. The lowest BCUT2D eigenvalue weighted by molar-refractivity contribution is -0.159. The number of ether oxygens (including phenoxy) is 2. The summed E-state index contributed by atoms with van der Waals surface area (Å²) in [5.74, 6) is 1.34. The molecule has 2 bridgehead atoms. The van der Waals surface area contributed by atoms with Crippen molar-refractivity contribution in [2.75, 3.05) is 13.3 Å². The minimum atomic E-state index is -0.502. The van der Waals surface area contributed by atoms with E-state index in [1.165, 1.54) is 43.2 Å². The van der Waals surface area contributed by atoms with Gasteiger partial charge in [0.1, 0.15) is 5.75 Å². The van der Waals surface area contributed by atoms with Crippen LogP contribution in [-0.4, -0.2) is 25.3 Å². The van der Waals surface area contributed by atoms with Gasteiger partial charge in [0, 0.05) is 11.5 Å². The van der Waals surface area contributed by atoms with Crippen LogP contribution in [0.25, 0.3) is 0 Å². The second-order valence-electron chi connectivity index (χ2n) is 9.29. The molecule has 1 saturated heterocycles. The highest BCUT2D eigenvalue weighted by Crippen LogP contribution is 2.54. The summed E-state index contributed by atoms with van der Waals surface area (Å²) < 4.78 is 11.1. The van der Waals surface area contributed by atoms with Gasteiger partial charge in [0.15, 0.2) is 0 Å². The van der Waals surface area contributed by atoms with E-state index in [1.807, 2.05) is 26.8 Å². The van der Waals surface area contributed by atoms with Crippen LogP contribution in [0.5, 0.6) is 5.75 Å². The minimum Gasteiger partial charge on any atom is -0.457 e. The Morgan fingerprint density at radius 2 is 2.12 bits per heavy atom. The van der Waals surface area contributed by atoms with Crippen molar-refractivity contribution in [1.82, 2.24) is 5.32 Å². The summed E-state index contributed by atoms with van der Waals surface area (Å²) in [7, 11) is 0. The van der Waals surface area contributed by atoms with Gasteiger partial charge in [-0.2, -0.15) is 0 Å². The molecule has 142 valence electrons. The van der Waals surface area contributed by atoms with Crippen molar-refractivity contribution in [2.24, 2.45) is 11.3 Å². The topological polar surface area (TPSA) is 47.6 Å². The number of hydrogen-bond donors (Lipinski definition) is 1. The highest BCUT2D eigenvalue weighted by atomic mass is 16.7. The van der Waals surface area contributed by atoms with Gasteiger partial charge in [0.25, 0.3) is 0 Å². The van der Waals surface area contributed by atoms with Gasteiger partial charge in [-0.1, -0.05) is 18.9 Å². The fourth-order valence-corrected chi connectivity index (χ4v) is 5.36. The van der Waals surface area contributed by atoms with Crippen LogP contribution in [-0.2, 0) is 21.4 Å². The zero-order valence-electron chi connectivity index (χ0n) is 16.3. The molecule has 0 aromatic heterocycles. The number of nitrogens with one attached hydrogen (secondary N) is 1. The van der Waals surface area contributed by atoms with Crippen molar-refractivity contribution in [3.8, 4) is 5.75 Å². The fourth-order valence-electron chi connectivity index (χ4n) is 5.36. The molecule has 1 aromatic rings. The summed E-state index contributed by atoms with van der Waals surface area (Å²) in [6.07, 6.45) is 7.68. The van der Waals surface area contributed by atoms with Crippen LogP contribution in [0.15, 0.2) is 18.2 Å². The first-order valence-electron chi connectivity index (χ1n) is 10.1. The van der Waals surface area contributed by atoms with E-state index in [1.54, 1.807) is 0 Å². The van der Waals surface area contributed by atoms with Crippen LogP contribution in [0.4, 0.5) is 0 Å². The van der Waals surface area contributed by atoms with Crippen molar-refractivity contribution in [3.05, 3.63) is 29.3 Å². The summed E-state index contributed by atoms with van der Waals surface area (Å²) in [5, 5.41) is 3.77. The summed E-state index contributed by atoms with van der Waals surface area (Å²) in [6.45, 7) is 6.66. The Morgan fingerprint density at radius 1 is 1.27 bits per heavy atom. The van der Waals surface area contributed by atoms with Crippen molar-refractivity contribution in [1.29, 1.82) is 0 Å². The molecule has 0 unspecified atom stereocenters. The second-order valence-corrected chi connectivity index (χ2v) is 9.29. The van der Waals surface area contributed by atoms with Crippen LogP contribution in [0.2, 0.25) is 0 Å². The van der Waals surface area contributed by atoms with Gasteiger partial charge in [-0.25, -0.2) is 0 Å². The highest BCUT2D eigenvalue weighted by molar-refractivity contribution is 5.75. The number of hydrogen-bond acceptors (Lipinski definition) is 4. The molecule has 2 aliphatic carbocycles. The third kappa shape index (κ3) is 3.02. The third-order valence-corrected chi connectivity index (χ3v) is 6.65. The minimum absolute atomic E-state index is 0.0184. The van der Waals surface area contributed by atoms with Crippen molar-refractivity contribution in [2.45, 2.75) is 70.8 Å². The number of rotatable bonds is 3. The first kappa shape index (κ1) is 17.8. The maximum atomic E-state index is 11.9. The lowest BCUT2D eigenvalue weighted by Gasteiger charge is -2.56. The summed E-state index contributed by atoms with van der Waals surface area (Å²) >= 11 is 0. The molecular weight excluding hydrogens is 326 g/mol. The van der Waals surface area contributed by atoms with E-state index in [9.17, 15) is 4.79 Å². The van der Waals surface area contributed by atoms with Gasteiger partial charge in [0.05, 0.1) is 5.41 Å². The summed E-state index contributed by atoms with van der Waals surface area (Å²) in [5.41, 5.74) is 2.79. The molecule has 1 aliphatic heterocycles. The molecular formula is C22H31NO3. The molecule has 4 rings (SSSR count). The second kappa shape index (κ2) is 6.56. The van der Waals surface area contributed by atoms with Crippen molar-refractivity contribution < 1.29 is 14.3 Å². The molecule has 1 saturated carbocycles. The van der Waals surface area contributed by atoms with Gasteiger partial charge in [-0.05, 0) is 82.2 Å². The van der Waals surface area contributed by atoms with E-state index in [4.69, 9.17) is 9.47 Å². The van der Waals surface area contributed by atoms with E-state index in [0.717, 1.165) is 24.6 Å². The van der Waals surface area contributed by atoms with E-state index in [0.29, 0.717) is 11.5 Å². The zero-order chi connectivity index (χ0) is 18.4. The third-order valence-electron chi connectivity index (χ3n) is 6.65. The van der Waals surface area contributed by atoms with Gasteiger partial charge in [-0.15, -0.1) is 0 Å². The first-order valence-corrected chi connectivity index (χ1v) is 10.1. The van der Waals surface area contributed by atoms with E-state index < -0.39 is 5.41 Å². The lowest BCUT2D eigenvalue weighted by atomic mass is 9.53. The van der Waals surface area contributed by atoms with Crippen LogP contribution in [0, 0.1) is 11.3 Å². The molecule has 1 heterocycles. The predicted octanol–water partition coefficient (Wildman–Crippen LogP) is 3.96. The largest absolute Gasteiger partial charge is 0.457 e.